The number of para-hydroxylation sites is 1. The van der Waals surface area contributed by atoms with Gasteiger partial charge >= 0.3 is 0 Å². The SMILES string of the molecule is c1ccc(-c2nc(CN3CCN(c4ccccc4)CC3)[nH]c2-c2ccccc2)cc1. The van der Waals surface area contributed by atoms with Crippen LogP contribution in [-0.4, -0.2) is 41.0 Å². The molecule has 0 unspecified atom stereocenters. The Hall–Kier alpha value is -3.37. The Balaban J connectivity index is 1.35. The number of nitrogens with zero attached hydrogens (tertiary/aromatic N) is 3. The van der Waals surface area contributed by atoms with E-state index in [1.807, 2.05) is 6.07 Å². The van der Waals surface area contributed by atoms with Gasteiger partial charge in [-0.2, -0.15) is 0 Å². The summed E-state index contributed by atoms with van der Waals surface area (Å²) in [6, 6.07) is 31.6. The molecule has 0 saturated carbocycles. The lowest BCUT2D eigenvalue weighted by molar-refractivity contribution is 0.245. The van der Waals surface area contributed by atoms with Gasteiger partial charge in [0.2, 0.25) is 0 Å². The second kappa shape index (κ2) is 8.56. The third-order valence-electron chi connectivity index (χ3n) is 5.73. The second-order valence-corrected chi connectivity index (χ2v) is 7.74. The number of imidazole rings is 1. The molecule has 3 aromatic carbocycles. The number of piperazine rings is 1. The Morgan fingerprint density at radius 2 is 1.23 bits per heavy atom. The van der Waals surface area contributed by atoms with Crippen molar-refractivity contribution in [1.82, 2.24) is 14.9 Å². The minimum absolute atomic E-state index is 0.843. The Labute approximate surface area is 177 Å². The topological polar surface area (TPSA) is 35.2 Å². The third kappa shape index (κ3) is 4.00. The normalized spacial score (nSPS) is 14.7. The second-order valence-electron chi connectivity index (χ2n) is 7.74. The highest BCUT2D eigenvalue weighted by Gasteiger charge is 2.20. The quantitative estimate of drug-likeness (QED) is 0.513. The van der Waals surface area contributed by atoms with Crippen molar-refractivity contribution < 1.29 is 0 Å². The standard InChI is InChI=1S/C26H26N4/c1-4-10-21(11-5-1)25-26(22-12-6-2-7-13-22)28-24(27-25)20-29-16-18-30(19-17-29)23-14-8-3-9-15-23/h1-15H,16-20H2,(H,27,28). The van der Waals surface area contributed by atoms with Crippen LogP contribution in [0.15, 0.2) is 91.0 Å². The number of hydrogen-bond acceptors (Lipinski definition) is 3. The predicted molar refractivity (Wildman–Crippen MR) is 123 cm³/mol. The van der Waals surface area contributed by atoms with Crippen LogP contribution in [0.5, 0.6) is 0 Å². The van der Waals surface area contributed by atoms with E-state index in [0.29, 0.717) is 0 Å². The van der Waals surface area contributed by atoms with Gasteiger partial charge in [-0.1, -0.05) is 78.9 Å². The Kier molecular flexibility index (Phi) is 5.32. The van der Waals surface area contributed by atoms with Crippen LogP contribution in [0.3, 0.4) is 0 Å². The summed E-state index contributed by atoms with van der Waals surface area (Å²) in [6.07, 6.45) is 0. The van der Waals surface area contributed by atoms with E-state index < -0.39 is 0 Å². The highest BCUT2D eigenvalue weighted by molar-refractivity contribution is 5.78. The van der Waals surface area contributed by atoms with Crippen molar-refractivity contribution >= 4 is 5.69 Å². The van der Waals surface area contributed by atoms with Crippen LogP contribution in [-0.2, 0) is 6.54 Å². The molecule has 2 heterocycles. The summed E-state index contributed by atoms with van der Waals surface area (Å²) in [5.41, 5.74) is 5.75. The largest absolute Gasteiger partial charge is 0.369 e. The monoisotopic (exact) mass is 394 g/mol. The molecule has 1 aliphatic rings. The molecular weight excluding hydrogens is 368 g/mol. The molecule has 1 aromatic heterocycles. The van der Waals surface area contributed by atoms with Gasteiger partial charge in [-0.05, 0) is 12.1 Å². The summed E-state index contributed by atoms with van der Waals surface area (Å²) in [4.78, 5) is 13.6. The van der Waals surface area contributed by atoms with E-state index in [2.05, 4.69) is 99.7 Å². The Morgan fingerprint density at radius 3 is 1.87 bits per heavy atom. The van der Waals surface area contributed by atoms with Gasteiger partial charge in [0.1, 0.15) is 5.82 Å². The minimum Gasteiger partial charge on any atom is -0.369 e. The number of nitrogens with one attached hydrogen (secondary N) is 1. The fraction of sp³-hybridized carbons (Fsp3) is 0.192. The highest BCUT2D eigenvalue weighted by Crippen LogP contribution is 2.30. The summed E-state index contributed by atoms with van der Waals surface area (Å²) < 4.78 is 0. The van der Waals surface area contributed by atoms with Crippen molar-refractivity contribution in [1.29, 1.82) is 0 Å². The molecular formula is C26H26N4. The molecule has 0 radical (unpaired) electrons. The molecule has 0 atom stereocenters. The van der Waals surface area contributed by atoms with Gasteiger partial charge in [-0.15, -0.1) is 0 Å². The van der Waals surface area contributed by atoms with Gasteiger partial charge in [0.05, 0.1) is 17.9 Å². The molecule has 1 aliphatic heterocycles. The van der Waals surface area contributed by atoms with Gasteiger partial charge < -0.3 is 9.88 Å². The number of benzene rings is 3. The molecule has 4 nitrogen and oxygen atoms in total. The van der Waals surface area contributed by atoms with Crippen molar-refractivity contribution in [3.63, 3.8) is 0 Å². The molecule has 1 saturated heterocycles. The van der Waals surface area contributed by atoms with Crippen LogP contribution in [0.25, 0.3) is 22.5 Å². The lowest BCUT2D eigenvalue weighted by atomic mass is 10.1. The molecule has 4 heteroatoms. The average Bonchev–Trinajstić information content (AvgIpc) is 3.25. The van der Waals surface area contributed by atoms with E-state index in [-0.39, 0.29) is 0 Å². The van der Waals surface area contributed by atoms with Crippen molar-refractivity contribution in [3.8, 4) is 22.5 Å². The van der Waals surface area contributed by atoms with Crippen molar-refractivity contribution in [3.05, 3.63) is 96.8 Å². The van der Waals surface area contributed by atoms with E-state index in [4.69, 9.17) is 4.98 Å². The van der Waals surface area contributed by atoms with Crippen LogP contribution < -0.4 is 4.90 Å². The van der Waals surface area contributed by atoms with Gasteiger partial charge in [0.15, 0.2) is 0 Å². The van der Waals surface area contributed by atoms with Crippen LogP contribution in [0.4, 0.5) is 5.69 Å². The first-order valence-electron chi connectivity index (χ1n) is 10.6. The van der Waals surface area contributed by atoms with E-state index in [1.54, 1.807) is 0 Å². The number of rotatable bonds is 5. The zero-order chi connectivity index (χ0) is 20.2. The molecule has 0 amide bonds. The highest BCUT2D eigenvalue weighted by atomic mass is 15.3. The van der Waals surface area contributed by atoms with Gasteiger partial charge in [0.25, 0.3) is 0 Å². The van der Waals surface area contributed by atoms with Crippen LogP contribution in [0.1, 0.15) is 5.82 Å². The van der Waals surface area contributed by atoms with Gasteiger partial charge in [-0.3, -0.25) is 4.90 Å². The molecule has 1 fully saturated rings. The van der Waals surface area contributed by atoms with Crippen LogP contribution in [0, 0.1) is 0 Å². The van der Waals surface area contributed by atoms with E-state index in [1.165, 1.54) is 11.3 Å². The molecule has 150 valence electrons. The first-order chi connectivity index (χ1) is 14.9. The maximum atomic E-state index is 5.02. The average molecular weight is 395 g/mol. The number of aromatic amines is 1. The molecule has 1 N–H and O–H groups in total. The molecule has 30 heavy (non-hydrogen) atoms. The van der Waals surface area contributed by atoms with Gasteiger partial charge in [0, 0.05) is 43.0 Å². The van der Waals surface area contributed by atoms with Crippen molar-refractivity contribution in [2.75, 3.05) is 31.1 Å². The Morgan fingerprint density at radius 1 is 0.667 bits per heavy atom. The molecule has 0 bridgehead atoms. The minimum atomic E-state index is 0.843. The fourth-order valence-corrected chi connectivity index (χ4v) is 4.13. The van der Waals surface area contributed by atoms with Gasteiger partial charge in [-0.25, -0.2) is 4.98 Å². The van der Waals surface area contributed by atoms with Crippen LogP contribution >= 0.6 is 0 Å². The lowest BCUT2D eigenvalue weighted by Gasteiger charge is -2.35. The smallest absolute Gasteiger partial charge is 0.121 e. The van der Waals surface area contributed by atoms with E-state index >= 15 is 0 Å². The third-order valence-corrected chi connectivity index (χ3v) is 5.73. The molecule has 0 aliphatic carbocycles. The fourth-order valence-electron chi connectivity index (χ4n) is 4.13. The Bertz CT molecular complexity index is 1010. The zero-order valence-electron chi connectivity index (χ0n) is 17.0. The first kappa shape index (κ1) is 18.6. The molecule has 4 aromatic rings. The van der Waals surface area contributed by atoms with Crippen molar-refractivity contribution in [2.24, 2.45) is 0 Å². The van der Waals surface area contributed by atoms with Crippen LogP contribution in [0.2, 0.25) is 0 Å². The number of anilines is 1. The summed E-state index contributed by atoms with van der Waals surface area (Å²) >= 11 is 0. The van der Waals surface area contributed by atoms with E-state index in [0.717, 1.165) is 55.5 Å². The molecule has 5 rings (SSSR count). The maximum absolute atomic E-state index is 5.02. The van der Waals surface area contributed by atoms with E-state index in [9.17, 15) is 0 Å². The summed E-state index contributed by atoms with van der Waals surface area (Å²) in [5.74, 6) is 1.03. The first-order valence-corrected chi connectivity index (χ1v) is 10.6. The molecule has 0 spiro atoms. The number of aromatic nitrogens is 2. The summed E-state index contributed by atoms with van der Waals surface area (Å²) in [5, 5.41) is 0. The summed E-state index contributed by atoms with van der Waals surface area (Å²) in [6.45, 7) is 5.01. The maximum Gasteiger partial charge on any atom is 0.121 e. The zero-order valence-corrected chi connectivity index (χ0v) is 17.0. The number of hydrogen-bond donors (Lipinski definition) is 1. The van der Waals surface area contributed by atoms with Crippen molar-refractivity contribution in [2.45, 2.75) is 6.54 Å². The number of H-pyrrole nitrogens is 1. The predicted octanol–water partition coefficient (Wildman–Crippen LogP) is 5.07. The lowest BCUT2D eigenvalue weighted by Crippen LogP contribution is -2.46. The summed E-state index contributed by atoms with van der Waals surface area (Å²) in [7, 11) is 0.